The van der Waals surface area contributed by atoms with Crippen molar-refractivity contribution in [3.05, 3.63) is 135 Å². The summed E-state index contributed by atoms with van der Waals surface area (Å²) in [4.78, 5) is 15.0. The van der Waals surface area contributed by atoms with Crippen molar-refractivity contribution in [2.45, 2.75) is 31.6 Å². The number of benzene rings is 4. The summed E-state index contributed by atoms with van der Waals surface area (Å²) < 4.78 is 0. The van der Waals surface area contributed by atoms with Gasteiger partial charge in [-0.25, -0.2) is 0 Å². The minimum atomic E-state index is -0.670. The van der Waals surface area contributed by atoms with E-state index in [0.717, 1.165) is 22.4 Å². The monoisotopic (exact) mass is 515 g/mol. The zero-order valence-corrected chi connectivity index (χ0v) is 21.2. The first-order chi connectivity index (χ1) is 17.5. The number of nitrogens with two attached hydrogens (primary N) is 1. The molecule has 5 rings (SSSR count). The quantitative estimate of drug-likeness (QED) is 0.291. The lowest BCUT2D eigenvalue weighted by atomic mass is 9.98. The minimum Gasteiger partial charge on any atom is -0.374 e. The van der Waals surface area contributed by atoms with Crippen molar-refractivity contribution in [1.82, 2.24) is 4.90 Å². The predicted octanol–water partition coefficient (Wildman–Crippen LogP) is 6.61. The molecule has 1 aliphatic heterocycles. The van der Waals surface area contributed by atoms with Crippen molar-refractivity contribution in [2.24, 2.45) is 5.73 Å². The maximum atomic E-state index is 13.1. The van der Waals surface area contributed by atoms with Crippen LogP contribution >= 0.6 is 23.2 Å². The molecule has 0 bridgehead atoms. The number of hydrogen-bond acceptors (Lipinski definition) is 3. The molecule has 3 N–H and O–H groups in total. The van der Waals surface area contributed by atoms with Crippen LogP contribution in [0.2, 0.25) is 10.0 Å². The van der Waals surface area contributed by atoms with Crippen molar-refractivity contribution in [3.63, 3.8) is 0 Å². The summed E-state index contributed by atoms with van der Waals surface area (Å²) in [5, 5.41) is 4.78. The summed E-state index contributed by atoms with van der Waals surface area (Å²) in [6.07, 6.45) is 0.365. The predicted molar refractivity (Wildman–Crippen MR) is 147 cm³/mol. The van der Waals surface area contributed by atoms with Crippen LogP contribution in [0, 0.1) is 0 Å². The van der Waals surface area contributed by atoms with Crippen molar-refractivity contribution in [3.8, 4) is 0 Å². The number of rotatable bonds is 7. The number of nitrogens with one attached hydrogen (secondary N) is 1. The highest BCUT2D eigenvalue weighted by Crippen LogP contribution is 2.31. The molecule has 0 aromatic heterocycles. The van der Waals surface area contributed by atoms with E-state index in [0.29, 0.717) is 29.6 Å². The molecular formula is C30H27Cl2N3O. The second-order valence-corrected chi connectivity index (χ2v) is 9.97. The van der Waals surface area contributed by atoms with Gasteiger partial charge in [0.1, 0.15) is 0 Å². The normalized spacial score (nSPS) is 13.5. The highest BCUT2D eigenvalue weighted by molar-refractivity contribution is 6.35. The number of carbonyl (C=O) groups excluding carboxylic acids is 1. The van der Waals surface area contributed by atoms with Gasteiger partial charge in [0.05, 0.1) is 12.1 Å². The average Bonchev–Trinajstić information content (AvgIpc) is 3.33. The third-order valence-electron chi connectivity index (χ3n) is 6.59. The minimum absolute atomic E-state index is 0.0159. The number of hydrogen-bond donors (Lipinski definition) is 2. The standard InChI is InChI=1S/C30H27Cl2N3O/c31-25-13-11-22(27(32)17-25)16-28(33)30(36)35-18-23-12-14-26(15-24(23)19-35)34-29(20-7-3-1-4-8-20)21-9-5-2-6-10-21/h1-15,17,28-29,34H,16,18-19,33H2. The lowest BCUT2D eigenvalue weighted by Crippen LogP contribution is -2.42. The fourth-order valence-corrected chi connectivity index (χ4v) is 5.19. The average molecular weight is 516 g/mol. The van der Waals surface area contributed by atoms with E-state index in [2.05, 4.69) is 72.0 Å². The van der Waals surface area contributed by atoms with E-state index in [9.17, 15) is 4.79 Å². The Balaban J connectivity index is 1.30. The summed E-state index contributed by atoms with van der Waals surface area (Å²) in [6, 6.07) is 31.7. The Bertz CT molecular complexity index is 1320. The van der Waals surface area contributed by atoms with E-state index in [1.807, 2.05) is 23.1 Å². The smallest absolute Gasteiger partial charge is 0.240 e. The number of nitrogens with zero attached hydrogens (tertiary/aromatic N) is 1. The molecule has 0 saturated heterocycles. The van der Waals surface area contributed by atoms with Gasteiger partial charge in [-0.05, 0) is 58.5 Å². The van der Waals surface area contributed by atoms with Crippen molar-refractivity contribution >= 4 is 34.8 Å². The van der Waals surface area contributed by atoms with Gasteiger partial charge in [0.25, 0.3) is 0 Å². The molecule has 182 valence electrons. The van der Waals surface area contributed by atoms with Gasteiger partial charge in [0.15, 0.2) is 0 Å². The van der Waals surface area contributed by atoms with Crippen LogP contribution in [0.4, 0.5) is 5.69 Å². The maximum Gasteiger partial charge on any atom is 0.240 e. The van der Waals surface area contributed by atoms with Crippen LogP contribution in [0.25, 0.3) is 0 Å². The van der Waals surface area contributed by atoms with Crippen LogP contribution in [0.3, 0.4) is 0 Å². The molecule has 1 aliphatic rings. The van der Waals surface area contributed by atoms with Gasteiger partial charge in [-0.1, -0.05) is 96.0 Å². The summed E-state index contributed by atoms with van der Waals surface area (Å²) >= 11 is 12.3. The molecule has 1 amide bonds. The van der Waals surface area contributed by atoms with Gasteiger partial charge in [-0.3, -0.25) is 4.79 Å². The van der Waals surface area contributed by atoms with E-state index in [4.69, 9.17) is 28.9 Å². The SMILES string of the molecule is NC(Cc1ccc(Cl)cc1Cl)C(=O)N1Cc2ccc(NC(c3ccccc3)c3ccccc3)cc2C1. The molecule has 1 unspecified atom stereocenters. The third kappa shape index (κ3) is 5.41. The molecule has 0 fully saturated rings. The molecule has 0 aliphatic carbocycles. The number of anilines is 1. The Labute approximate surface area is 221 Å². The van der Waals surface area contributed by atoms with Gasteiger partial charge < -0.3 is 16.0 Å². The van der Waals surface area contributed by atoms with Crippen molar-refractivity contribution in [1.29, 1.82) is 0 Å². The van der Waals surface area contributed by atoms with Gasteiger partial charge in [-0.15, -0.1) is 0 Å². The number of carbonyl (C=O) groups is 1. The number of halogens is 2. The highest BCUT2D eigenvalue weighted by atomic mass is 35.5. The molecule has 0 radical (unpaired) electrons. The lowest BCUT2D eigenvalue weighted by Gasteiger charge is -2.21. The molecule has 4 nitrogen and oxygen atoms in total. The van der Waals surface area contributed by atoms with E-state index in [1.165, 1.54) is 11.1 Å². The Hall–Kier alpha value is -3.31. The molecule has 1 atom stereocenters. The zero-order chi connectivity index (χ0) is 25.1. The molecular weight excluding hydrogens is 489 g/mol. The summed E-state index contributed by atoms with van der Waals surface area (Å²) in [7, 11) is 0. The molecule has 4 aromatic rings. The van der Waals surface area contributed by atoms with Crippen LogP contribution in [-0.4, -0.2) is 16.8 Å². The van der Waals surface area contributed by atoms with Crippen LogP contribution in [0.1, 0.15) is 33.9 Å². The molecule has 4 aromatic carbocycles. The first-order valence-electron chi connectivity index (χ1n) is 11.9. The van der Waals surface area contributed by atoms with E-state index >= 15 is 0 Å². The van der Waals surface area contributed by atoms with Gasteiger partial charge in [0.2, 0.25) is 5.91 Å². The second kappa shape index (κ2) is 10.8. The summed E-state index contributed by atoms with van der Waals surface area (Å²) in [5.41, 5.74) is 12.8. The summed E-state index contributed by atoms with van der Waals surface area (Å²) in [5.74, 6) is -0.0850. The van der Waals surface area contributed by atoms with Crippen LogP contribution in [-0.2, 0) is 24.3 Å². The lowest BCUT2D eigenvalue weighted by molar-refractivity contribution is -0.133. The Kier molecular flexibility index (Phi) is 7.28. The highest BCUT2D eigenvalue weighted by Gasteiger charge is 2.28. The molecule has 6 heteroatoms. The zero-order valence-electron chi connectivity index (χ0n) is 19.7. The fourth-order valence-electron chi connectivity index (χ4n) is 4.70. The third-order valence-corrected chi connectivity index (χ3v) is 7.18. The van der Waals surface area contributed by atoms with Gasteiger partial charge in [-0.2, -0.15) is 0 Å². The fraction of sp³-hybridized carbons (Fsp3) is 0.167. The van der Waals surface area contributed by atoms with E-state index in [1.54, 1.807) is 12.1 Å². The summed E-state index contributed by atoms with van der Waals surface area (Å²) in [6.45, 7) is 1.09. The Morgan fingerprint density at radius 3 is 2.11 bits per heavy atom. The van der Waals surface area contributed by atoms with E-state index < -0.39 is 6.04 Å². The van der Waals surface area contributed by atoms with Crippen molar-refractivity contribution in [2.75, 3.05) is 5.32 Å². The number of amides is 1. The Morgan fingerprint density at radius 2 is 1.47 bits per heavy atom. The van der Waals surface area contributed by atoms with Crippen LogP contribution in [0.5, 0.6) is 0 Å². The topological polar surface area (TPSA) is 58.4 Å². The molecule has 1 heterocycles. The van der Waals surface area contributed by atoms with E-state index in [-0.39, 0.29) is 11.9 Å². The second-order valence-electron chi connectivity index (χ2n) is 9.12. The van der Waals surface area contributed by atoms with Crippen molar-refractivity contribution < 1.29 is 4.79 Å². The molecule has 36 heavy (non-hydrogen) atoms. The first-order valence-corrected chi connectivity index (χ1v) is 12.7. The maximum absolute atomic E-state index is 13.1. The van der Waals surface area contributed by atoms with Gasteiger partial charge >= 0.3 is 0 Å². The van der Waals surface area contributed by atoms with Crippen LogP contribution < -0.4 is 11.1 Å². The first kappa shape index (κ1) is 24.4. The number of fused-ring (bicyclic) bond motifs is 1. The molecule has 0 spiro atoms. The van der Waals surface area contributed by atoms with Crippen LogP contribution in [0.15, 0.2) is 97.1 Å². The largest absolute Gasteiger partial charge is 0.374 e. The molecule has 0 saturated carbocycles. The van der Waals surface area contributed by atoms with Gasteiger partial charge in [0, 0.05) is 28.8 Å². The Morgan fingerprint density at radius 1 is 0.833 bits per heavy atom.